The number of aryl methyl sites for hydroxylation is 1. The van der Waals surface area contributed by atoms with Crippen molar-refractivity contribution in [3.05, 3.63) is 30.4 Å². The zero-order chi connectivity index (χ0) is 17.9. The first-order valence-corrected chi connectivity index (χ1v) is 7.92. The normalized spacial score (nSPS) is 13.1. The van der Waals surface area contributed by atoms with E-state index in [1.165, 1.54) is 0 Å². The smallest absolute Gasteiger partial charge is 0.319 e. The third kappa shape index (κ3) is 4.58. The van der Waals surface area contributed by atoms with Crippen LogP contribution in [0, 0.1) is 0 Å². The standard InChI is InChI=1S/C16H27N7O/c1-16(2,3)23-11-13(8-19-23)20-15(24)17-9-14(21(4)5)12-7-18-22(6)10-12/h7-8,10-11,14H,9H2,1-6H3,(H2,17,20,24). The van der Waals surface area contributed by atoms with E-state index in [0.29, 0.717) is 12.2 Å². The van der Waals surface area contributed by atoms with Gasteiger partial charge in [-0.05, 0) is 34.9 Å². The maximum absolute atomic E-state index is 12.1. The van der Waals surface area contributed by atoms with Gasteiger partial charge in [-0.2, -0.15) is 10.2 Å². The summed E-state index contributed by atoms with van der Waals surface area (Å²) in [6.45, 7) is 6.65. The fourth-order valence-electron chi connectivity index (χ4n) is 2.33. The van der Waals surface area contributed by atoms with Gasteiger partial charge in [0.1, 0.15) is 0 Å². The molecule has 0 radical (unpaired) electrons. The lowest BCUT2D eigenvalue weighted by Crippen LogP contribution is -2.36. The van der Waals surface area contributed by atoms with Crippen molar-refractivity contribution < 1.29 is 4.79 Å². The Balaban J connectivity index is 1.93. The van der Waals surface area contributed by atoms with E-state index in [1.807, 2.05) is 44.4 Å². The third-order valence-corrected chi connectivity index (χ3v) is 3.72. The van der Waals surface area contributed by atoms with Crippen LogP contribution in [0.1, 0.15) is 32.4 Å². The summed E-state index contributed by atoms with van der Waals surface area (Å²) in [5.74, 6) is 0. The number of rotatable bonds is 5. The van der Waals surface area contributed by atoms with Gasteiger partial charge in [0.05, 0.1) is 29.7 Å². The number of aromatic nitrogens is 4. The lowest BCUT2D eigenvalue weighted by atomic mass is 10.1. The molecule has 2 aromatic heterocycles. The molecule has 24 heavy (non-hydrogen) atoms. The molecule has 1 atom stereocenters. The molecule has 2 amide bonds. The monoisotopic (exact) mass is 333 g/mol. The minimum Gasteiger partial charge on any atom is -0.336 e. The fraction of sp³-hybridized carbons (Fsp3) is 0.562. The first kappa shape index (κ1) is 18.0. The number of nitrogens with zero attached hydrogens (tertiary/aromatic N) is 5. The molecule has 0 aromatic carbocycles. The summed E-state index contributed by atoms with van der Waals surface area (Å²) in [4.78, 5) is 14.2. The molecule has 0 spiro atoms. The van der Waals surface area contributed by atoms with E-state index in [1.54, 1.807) is 10.9 Å². The minimum atomic E-state index is -0.251. The van der Waals surface area contributed by atoms with E-state index < -0.39 is 0 Å². The van der Waals surface area contributed by atoms with Gasteiger partial charge in [-0.15, -0.1) is 0 Å². The van der Waals surface area contributed by atoms with Crippen LogP contribution in [0.25, 0.3) is 0 Å². The molecule has 0 fully saturated rings. The zero-order valence-corrected chi connectivity index (χ0v) is 15.2. The highest BCUT2D eigenvalue weighted by Crippen LogP contribution is 2.17. The summed E-state index contributed by atoms with van der Waals surface area (Å²) < 4.78 is 3.58. The summed E-state index contributed by atoms with van der Waals surface area (Å²) in [6, 6.07) is -0.194. The largest absolute Gasteiger partial charge is 0.336 e. The highest BCUT2D eigenvalue weighted by Gasteiger charge is 2.18. The molecule has 0 aliphatic rings. The van der Waals surface area contributed by atoms with E-state index in [-0.39, 0.29) is 17.6 Å². The molecule has 0 aliphatic carbocycles. The molecule has 0 saturated heterocycles. The molecule has 0 bridgehead atoms. The number of anilines is 1. The van der Waals surface area contributed by atoms with E-state index in [0.717, 1.165) is 5.56 Å². The number of likely N-dealkylation sites (N-methyl/N-ethyl adjacent to an activating group) is 1. The van der Waals surface area contributed by atoms with Crippen LogP contribution in [0.5, 0.6) is 0 Å². The molecule has 8 nitrogen and oxygen atoms in total. The van der Waals surface area contributed by atoms with Gasteiger partial charge in [-0.1, -0.05) is 0 Å². The van der Waals surface area contributed by atoms with Crippen LogP contribution in [0.2, 0.25) is 0 Å². The molecular formula is C16H27N7O. The maximum atomic E-state index is 12.1. The summed E-state index contributed by atoms with van der Waals surface area (Å²) >= 11 is 0. The zero-order valence-electron chi connectivity index (χ0n) is 15.2. The SMILES string of the molecule is CN(C)C(CNC(=O)Nc1cnn(C(C)(C)C)c1)c1cnn(C)c1. The van der Waals surface area contributed by atoms with Crippen LogP contribution in [0.4, 0.5) is 10.5 Å². The Morgan fingerprint density at radius 2 is 1.96 bits per heavy atom. The van der Waals surface area contributed by atoms with Crippen molar-refractivity contribution in [2.75, 3.05) is 26.0 Å². The van der Waals surface area contributed by atoms with Crippen LogP contribution in [0.3, 0.4) is 0 Å². The maximum Gasteiger partial charge on any atom is 0.319 e. The lowest BCUT2D eigenvalue weighted by Gasteiger charge is -2.23. The minimum absolute atomic E-state index is 0.0572. The van der Waals surface area contributed by atoms with Crippen molar-refractivity contribution in [1.82, 2.24) is 29.8 Å². The Labute approximate surface area is 142 Å². The van der Waals surface area contributed by atoms with Crippen molar-refractivity contribution in [1.29, 1.82) is 0 Å². The van der Waals surface area contributed by atoms with Crippen molar-refractivity contribution in [3.63, 3.8) is 0 Å². The second-order valence-electron chi connectivity index (χ2n) is 7.11. The average Bonchev–Trinajstić information content (AvgIpc) is 3.07. The Kier molecular flexibility index (Phi) is 5.28. The predicted molar refractivity (Wildman–Crippen MR) is 93.9 cm³/mol. The quantitative estimate of drug-likeness (QED) is 0.874. The Morgan fingerprint density at radius 3 is 2.46 bits per heavy atom. The molecule has 132 valence electrons. The first-order chi connectivity index (χ1) is 11.2. The fourth-order valence-corrected chi connectivity index (χ4v) is 2.33. The van der Waals surface area contributed by atoms with Crippen LogP contribution in [-0.4, -0.2) is 51.1 Å². The first-order valence-electron chi connectivity index (χ1n) is 7.92. The molecule has 1 unspecified atom stereocenters. The topological polar surface area (TPSA) is 80.0 Å². The molecule has 2 heterocycles. The van der Waals surface area contributed by atoms with Gasteiger partial charge < -0.3 is 15.5 Å². The van der Waals surface area contributed by atoms with Crippen LogP contribution in [-0.2, 0) is 12.6 Å². The molecule has 2 N–H and O–H groups in total. The third-order valence-electron chi connectivity index (χ3n) is 3.72. The van der Waals surface area contributed by atoms with Gasteiger partial charge in [-0.25, -0.2) is 4.79 Å². The van der Waals surface area contributed by atoms with Gasteiger partial charge in [-0.3, -0.25) is 9.36 Å². The number of hydrogen-bond acceptors (Lipinski definition) is 4. The number of carbonyl (C=O) groups excluding carboxylic acids is 1. The van der Waals surface area contributed by atoms with E-state index >= 15 is 0 Å². The van der Waals surface area contributed by atoms with Gasteiger partial charge >= 0.3 is 6.03 Å². The van der Waals surface area contributed by atoms with Crippen molar-refractivity contribution in [3.8, 4) is 0 Å². The van der Waals surface area contributed by atoms with Gasteiger partial charge in [0.25, 0.3) is 0 Å². The number of amides is 2. The number of nitrogens with one attached hydrogen (secondary N) is 2. The molecule has 0 aliphatic heterocycles. The molecular weight excluding hydrogens is 306 g/mol. The number of hydrogen-bond donors (Lipinski definition) is 2. The molecule has 0 saturated carbocycles. The van der Waals surface area contributed by atoms with E-state index in [4.69, 9.17) is 0 Å². The predicted octanol–water partition coefficient (Wildman–Crippen LogP) is 1.80. The van der Waals surface area contributed by atoms with Crippen LogP contribution >= 0.6 is 0 Å². The second kappa shape index (κ2) is 7.04. The van der Waals surface area contributed by atoms with Gasteiger partial charge in [0.2, 0.25) is 0 Å². The highest BCUT2D eigenvalue weighted by atomic mass is 16.2. The second-order valence-corrected chi connectivity index (χ2v) is 7.11. The highest BCUT2D eigenvalue weighted by molar-refractivity contribution is 5.88. The van der Waals surface area contributed by atoms with Gasteiger partial charge in [0.15, 0.2) is 0 Å². The van der Waals surface area contributed by atoms with Crippen molar-refractivity contribution >= 4 is 11.7 Å². The Bertz CT molecular complexity index is 681. The van der Waals surface area contributed by atoms with E-state index in [2.05, 4.69) is 46.5 Å². The van der Waals surface area contributed by atoms with Crippen molar-refractivity contribution in [2.45, 2.75) is 32.4 Å². The molecule has 2 rings (SSSR count). The van der Waals surface area contributed by atoms with E-state index in [9.17, 15) is 4.79 Å². The molecule has 2 aromatic rings. The number of urea groups is 1. The van der Waals surface area contributed by atoms with Crippen LogP contribution < -0.4 is 10.6 Å². The summed E-state index contributed by atoms with van der Waals surface area (Å²) in [6.07, 6.45) is 7.24. The van der Waals surface area contributed by atoms with Gasteiger partial charge in [0, 0.05) is 31.5 Å². The average molecular weight is 333 g/mol. The molecule has 8 heteroatoms. The summed E-state index contributed by atoms with van der Waals surface area (Å²) in [5, 5.41) is 14.2. The van der Waals surface area contributed by atoms with Crippen LogP contribution in [0.15, 0.2) is 24.8 Å². The lowest BCUT2D eigenvalue weighted by molar-refractivity contribution is 0.243. The Hall–Kier alpha value is -2.35. The summed E-state index contributed by atoms with van der Waals surface area (Å²) in [7, 11) is 5.83. The Morgan fingerprint density at radius 1 is 1.25 bits per heavy atom. The van der Waals surface area contributed by atoms with Crippen molar-refractivity contribution in [2.24, 2.45) is 7.05 Å². The number of carbonyl (C=O) groups is 1. The summed E-state index contributed by atoms with van der Waals surface area (Å²) in [5.41, 5.74) is 1.61.